The zero-order valence-corrected chi connectivity index (χ0v) is 19.7. The predicted molar refractivity (Wildman–Crippen MR) is 110 cm³/mol. The maximum Gasteiger partial charge on any atom is 0.490 e. The van der Waals surface area contributed by atoms with E-state index in [9.17, 15) is 28.3 Å². The Labute approximate surface area is 192 Å². The monoisotopic (exact) mass is 562 g/mol. The van der Waals surface area contributed by atoms with Gasteiger partial charge in [-0.2, -0.15) is 13.6 Å². The number of imidazole rings is 1. The molecule has 0 aromatic carbocycles. The Kier molecular flexibility index (Phi) is 8.15. The van der Waals surface area contributed by atoms with E-state index < -0.39 is 60.8 Å². The second-order valence-corrected chi connectivity index (χ2v) is 11.0. The van der Waals surface area contributed by atoms with Gasteiger partial charge in [-0.15, -0.1) is 0 Å². The Morgan fingerprint density at radius 3 is 2.66 bits per heavy atom. The average molecular weight is 562 g/mol. The molecule has 194 valence electrons. The molecule has 0 saturated carbocycles. The number of anilines is 1. The highest BCUT2D eigenvalue weighted by Crippen LogP contribution is 2.66. The van der Waals surface area contributed by atoms with Crippen LogP contribution in [0.15, 0.2) is 16.2 Å². The first kappa shape index (κ1) is 27.4. The number of phosphoric acid groups is 3. The molecule has 1 saturated heterocycles. The lowest BCUT2D eigenvalue weighted by molar-refractivity contribution is -0.0583. The van der Waals surface area contributed by atoms with E-state index in [4.69, 9.17) is 30.5 Å². The number of aromatic nitrogens is 4. The topological polar surface area (TPSA) is 317 Å². The molecule has 21 nitrogen and oxygen atoms in total. The third kappa shape index (κ3) is 7.39. The van der Waals surface area contributed by atoms with E-state index in [1.54, 1.807) is 0 Å². The van der Waals surface area contributed by atoms with Crippen LogP contribution in [0, 0.1) is 0 Å². The van der Waals surface area contributed by atoms with E-state index in [1.807, 2.05) is 0 Å². The molecule has 7 N–H and O–H groups in total. The first-order valence-corrected chi connectivity index (χ1v) is 13.5. The van der Waals surface area contributed by atoms with E-state index in [0.29, 0.717) is 0 Å². The smallest absolute Gasteiger partial charge is 0.369 e. The Morgan fingerprint density at radius 1 is 1.29 bits per heavy atom. The van der Waals surface area contributed by atoms with Gasteiger partial charge in [-0.05, 0) is 5.53 Å². The van der Waals surface area contributed by atoms with Gasteiger partial charge in [0.2, 0.25) is 5.95 Å². The number of fused-ring (bicyclic) bond motifs is 1. The summed E-state index contributed by atoms with van der Waals surface area (Å²) in [7, 11) is -16.7. The van der Waals surface area contributed by atoms with Crippen molar-refractivity contribution in [1.82, 2.24) is 19.5 Å². The molecule has 0 radical (unpaired) electrons. The lowest BCUT2D eigenvalue weighted by Crippen LogP contribution is -2.29. The fourth-order valence-corrected chi connectivity index (χ4v) is 6.01. The molecular weight excluding hydrogens is 545 g/mol. The van der Waals surface area contributed by atoms with Gasteiger partial charge in [0, 0.05) is 11.3 Å². The Hall–Kier alpha value is -2.21. The van der Waals surface area contributed by atoms with Crippen molar-refractivity contribution in [2.24, 2.45) is 5.11 Å². The first-order valence-electron chi connectivity index (χ1n) is 8.98. The minimum absolute atomic E-state index is 0.00871. The molecule has 1 aliphatic heterocycles. The summed E-state index contributed by atoms with van der Waals surface area (Å²) in [6, 6.07) is 0. The molecule has 0 amide bonds. The van der Waals surface area contributed by atoms with Crippen LogP contribution in [0.1, 0.15) is 12.6 Å². The minimum atomic E-state index is -5.72. The molecule has 0 bridgehead atoms. The zero-order valence-electron chi connectivity index (χ0n) is 17.0. The number of aromatic amines is 1. The summed E-state index contributed by atoms with van der Waals surface area (Å²) >= 11 is 0. The molecule has 5 atom stereocenters. The van der Waals surface area contributed by atoms with Crippen LogP contribution >= 0.6 is 23.5 Å². The van der Waals surface area contributed by atoms with Crippen LogP contribution in [-0.4, -0.2) is 64.6 Å². The summed E-state index contributed by atoms with van der Waals surface area (Å²) in [5, 5.41) is 3.20. The van der Waals surface area contributed by atoms with Crippen LogP contribution < -0.4 is 11.3 Å². The summed E-state index contributed by atoms with van der Waals surface area (Å²) < 4.78 is 58.4. The number of azide groups is 1. The van der Waals surface area contributed by atoms with Crippen LogP contribution in [0.2, 0.25) is 0 Å². The van der Waals surface area contributed by atoms with E-state index >= 15 is 0 Å². The number of phosphoric ester groups is 1. The third-order valence-corrected chi connectivity index (χ3v) is 7.97. The molecule has 2 aromatic heterocycles. The first-order chi connectivity index (χ1) is 16.2. The molecule has 1 fully saturated rings. The normalized spacial score (nSPS) is 24.1. The largest absolute Gasteiger partial charge is 0.490 e. The van der Waals surface area contributed by atoms with Crippen LogP contribution in [-0.2, 0) is 36.3 Å². The zero-order chi connectivity index (χ0) is 26.0. The molecule has 35 heavy (non-hydrogen) atoms. The van der Waals surface area contributed by atoms with Gasteiger partial charge in [-0.3, -0.25) is 18.9 Å². The van der Waals surface area contributed by atoms with Gasteiger partial charge < -0.3 is 34.8 Å². The van der Waals surface area contributed by atoms with E-state index in [2.05, 4.69) is 38.1 Å². The second kappa shape index (κ2) is 10.4. The molecule has 2 unspecified atom stereocenters. The van der Waals surface area contributed by atoms with E-state index in [0.717, 1.165) is 0 Å². The van der Waals surface area contributed by atoms with Gasteiger partial charge in [0.25, 0.3) is 5.56 Å². The number of rotatable bonds is 11. The lowest BCUT2D eigenvalue weighted by Gasteiger charge is -2.20. The van der Waals surface area contributed by atoms with Gasteiger partial charge in [0.15, 0.2) is 11.2 Å². The third-order valence-electron chi connectivity index (χ3n) is 4.17. The average Bonchev–Trinajstić information content (AvgIpc) is 3.28. The maximum absolute atomic E-state index is 12.0. The number of nitrogens with zero attached hydrogens (tertiary/aromatic N) is 6. The maximum atomic E-state index is 12.0. The van der Waals surface area contributed by atoms with Gasteiger partial charge in [-0.25, -0.2) is 18.7 Å². The standard InChI is InChI=1S/C11H17N8O13P3/c12-11-16-9-8(10(20)17-11)14-3-19(9)7-1-5(28-4-15-18-13)6(30-7)2-29-34(24,25)32-35(26,27)31-33(21,22)23/h3,5-7H,1-2,4H2,(H,24,25)(H,26,27)(H2,21,22,23)(H3,12,16,17,20)/t5-,6-,7-/m0/s1. The summed E-state index contributed by atoms with van der Waals surface area (Å²) in [5.74, 6) is -0.206. The summed E-state index contributed by atoms with van der Waals surface area (Å²) in [5.41, 5.74) is 13.3. The van der Waals surface area contributed by atoms with Crippen molar-refractivity contribution >= 4 is 40.6 Å². The number of nitrogens with one attached hydrogen (secondary N) is 1. The van der Waals surface area contributed by atoms with E-state index in [1.165, 1.54) is 10.9 Å². The Balaban J connectivity index is 1.76. The van der Waals surface area contributed by atoms with Crippen molar-refractivity contribution < 1.29 is 55.9 Å². The highest BCUT2D eigenvalue weighted by molar-refractivity contribution is 7.66. The molecular formula is C11H17N8O13P3. The fourth-order valence-electron chi connectivity index (χ4n) is 2.98. The van der Waals surface area contributed by atoms with Crippen molar-refractivity contribution in [2.45, 2.75) is 24.9 Å². The number of hydrogen-bond acceptors (Lipinski definition) is 13. The highest BCUT2D eigenvalue weighted by atomic mass is 31.3. The minimum Gasteiger partial charge on any atom is -0.369 e. The van der Waals surface area contributed by atoms with E-state index in [-0.39, 0.29) is 23.5 Å². The van der Waals surface area contributed by atoms with Crippen LogP contribution in [0.5, 0.6) is 0 Å². The van der Waals surface area contributed by atoms with Crippen molar-refractivity contribution in [1.29, 1.82) is 0 Å². The van der Waals surface area contributed by atoms with Gasteiger partial charge in [-0.1, -0.05) is 5.11 Å². The van der Waals surface area contributed by atoms with Crippen LogP contribution in [0.25, 0.3) is 21.6 Å². The van der Waals surface area contributed by atoms with Gasteiger partial charge in [0.1, 0.15) is 19.1 Å². The van der Waals surface area contributed by atoms with Gasteiger partial charge >= 0.3 is 23.5 Å². The molecule has 24 heteroatoms. The highest BCUT2D eigenvalue weighted by Gasteiger charge is 2.43. The summed E-state index contributed by atoms with van der Waals surface area (Å²) in [4.78, 5) is 60.7. The van der Waals surface area contributed by atoms with Gasteiger partial charge in [0.05, 0.1) is 19.0 Å². The van der Waals surface area contributed by atoms with Crippen molar-refractivity contribution in [3.63, 3.8) is 0 Å². The second-order valence-electron chi connectivity index (χ2n) is 6.59. The van der Waals surface area contributed by atoms with Crippen molar-refractivity contribution in [3.8, 4) is 0 Å². The summed E-state index contributed by atoms with van der Waals surface area (Å²) in [6.45, 7) is -1.30. The molecule has 3 heterocycles. The molecule has 2 aromatic rings. The number of hydrogen-bond donors (Lipinski definition) is 6. The van der Waals surface area contributed by atoms with Crippen LogP contribution in [0.4, 0.5) is 5.95 Å². The quantitative estimate of drug-likeness (QED) is 0.0907. The Morgan fingerprint density at radius 2 is 2.00 bits per heavy atom. The number of nitrogen functional groups attached to an aromatic ring is 1. The summed E-state index contributed by atoms with van der Waals surface area (Å²) in [6.07, 6.45) is -1.90. The number of H-pyrrole nitrogens is 1. The molecule has 3 rings (SSSR count). The lowest BCUT2D eigenvalue weighted by atomic mass is 10.2. The van der Waals surface area contributed by atoms with Crippen LogP contribution in [0.3, 0.4) is 0 Å². The SMILES string of the molecule is [N-]=[N+]=NCO[C@H]1C[C@@H](n2cnc3c(=O)[nH]c(N)nc32)O[C@H]1COP(=O)(O)OP(=O)(O)OP(=O)(O)O. The molecule has 1 aliphatic rings. The Bertz CT molecular complexity index is 1330. The molecule has 0 aliphatic carbocycles. The van der Waals surface area contributed by atoms with Crippen molar-refractivity contribution in [2.75, 3.05) is 19.1 Å². The predicted octanol–water partition coefficient (Wildman–Crippen LogP) is -0.0144. The number of ether oxygens (including phenoxy) is 2. The fraction of sp³-hybridized carbons (Fsp3) is 0.545. The number of nitrogens with two attached hydrogens (primary N) is 1. The van der Waals surface area contributed by atoms with Crippen molar-refractivity contribution in [3.05, 3.63) is 27.1 Å². The molecule has 0 spiro atoms.